The molecule has 0 atom stereocenters. The summed E-state index contributed by atoms with van der Waals surface area (Å²) in [5.74, 6) is -0.574. The maximum atomic E-state index is 13.4. The number of sulfonamides is 2. The summed E-state index contributed by atoms with van der Waals surface area (Å²) in [6.45, 7) is -0.596. The van der Waals surface area contributed by atoms with Gasteiger partial charge in [0.05, 0.1) is 35.4 Å². The largest absolute Gasteiger partial charge is 0.497 e. The van der Waals surface area contributed by atoms with E-state index in [1.807, 2.05) is 0 Å². The van der Waals surface area contributed by atoms with Crippen molar-refractivity contribution < 1.29 is 35.5 Å². The number of nitrogens with one attached hydrogen (secondary N) is 2. The van der Waals surface area contributed by atoms with Crippen molar-refractivity contribution in [3.05, 3.63) is 103 Å². The summed E-state index contributed by atoms with van der Waals surface area (Å²) < 4.78 is 79.8. The highest BCUT2D eigenvalue weighted by Crippen LogP contribution is 2.31. The Balaban J connectivity index is 1.52. The topological polar surface area (TPSA) is 131 Å². The van der Waals surface area contributed by atoms with E-state index in [0.29, 0.717) is 5.75 Å². The molecule has 0 spiro atoms. The zero-order valence-electron chi connectivity index (χ0n) is 21.9. The number of methoxy groups -OCH3 is 2. The molecular weight excluding hydrogens is 573 g/mol. The van der Waals surface area contributed by atoms with Gasteiger partial charge in [-0.25, -0.2) is 21.2 Å². The van der Waals surface area contributed by atoms with Crippen LogP contribution in [0.25, 0.3) is 0 Å². The lowest BCUT2D eigenvalue weighted by molar-refractivity contribution is -0.114. The second-order valence-corrected chi connectivity index (χ2v) is 12.1. The van der Waals surface area contributed by atoms with Crippen LogP contribution in [0.5, 0.6) is 11.5 Å². The van der Waals surface area contributed by atoms with Gasteiger partial charge >= 0.3 is 0 Å². The van der Waals surface area contributed by atoms with Gasteiger partial charge < -0.3 is 14.8 Å². The quantitative estimate of drug-likeness (QED) is 0.260. The maximum absolute atomic E-state index is 13.4. The molecule has 10 nitrogen and oxygen atoms in total. The first-order valence-electron chi connectivity index (χ1n) is 12.0. The van der Waals surface area contributed by atoms with E-state index in [-0.39, 0.29) is 32.6 Å². The summed E-state index contributed by atoms with van der Waals surface area (Å²) in [7, 11) is -5.41. The van der Waals surface area contributed by atoms with Crippen molar-refractivity contribution in [1.29, 1.82) is 0 Å². The molecule has 0 bridgehead atoms. The van der Waals surface area contributed by atoms with Gasteiger partial charge in [-0.3, -0.25) is 13.8 Å². The minimum Gasteiger partial charge on any atom is -0.497 e. The average molecular weight is 600 g/mol. The van der Waals surface area contributed by atoms with E-state index in [1.54, 1.807) is 30.3 Å². The van der Waals surface area contributed by atoms with Gasteiger partial charge in [-0.1, -0.05) is 18.2 Å². The summed E-state index contributed by atoms with van der Waals surface area (Å²) >= 11 is 0. The van der Waals surface area contributed by atoms with Gasteiger partial charge in [-0.15, -0.1) is 0 Å². The summed E-state index contributed by atoms with van der Waals surface area (Å²) in [6.07, 6.45) is 0. The van der Waals surface area contributed by atoms with Crippen LogP contribution in [-0.4, -0.2) is 43.5 Å². The van der Waals surface area contributed by atoms with Gasteiger partial charge in [0.2, 0.25) is 5.91 Å². The Morgan fingerprint density at radius 2 is 1.44 bits per heavy atom. The third-order valence-corrected chi connectivity index (χ3v) is 9.00. The third kappa shape index (κ3) is 6.94. The number of hydrogen-bond acceptors (Lipinski definition) is 7. The first-order valence-corrected chi connectivity index (χ1v) is 14.9. The Labute approximate surface area is 237 Å². The van der Waals surface area contributed by atoms with Crippen molar-refractivity contribution in [3.63, 3.8) is 0 Å². The van der Waals surface area contributed by atoms with Gasteiger partial charge in [0.1, 0.15) is 23.9 Å². The highest BCUT2D eigenvalue weighted by atomic mass is 32.2. The molecule has 2 N–H and O–H groups in total. The van der Waals surface area contributed by atoms with Crippen molar-refractivity contribution in [3.8, 4) is 11.5 Å². The Kier molecular flexibility index (Phi) is 8.79. The minimum atomic E-state index is -4.23. The molecule has 0 radical (unpaired) electrons. The molecule has 4 rings (SSSR count). The van der Waals surface area contributed by atoms with E-state index < -0.39 is 38.3 Å². The summed E-state index contributed by atoms with van der Waals surface area (Å²) in [5, 5.41) is 2.58. The van der Waals surface area contributed by atoms with Crippen molar-refractivity contribution in [1.82, 2.24) is 0 Å². The van der Waals surface area contributed by atoms with Crippen LogP contribution in [0.2, 0.25) is 0 Å². The fourth-order valence-electron chi connectivity index (χ4n) is 3.79. The Morgan fingerprint density at radius 3 is 2.05 bits per heavy atom. The van der Waals surface area contributed by atoms with Crippen LogP contribution in [0.1, 0.15) is 0 Å². The standard InChI is InChI=1S/C28H26FN3O7S2/c1-38-23-12-17-27(39-2)26(18-23)31-40(34,35)24-15-10-21(11-16-24)30-28(33)19-32(22-6-4-3-5-7-22)41(36,37)25-13-8-20(29)9-14-25/h3-18,31H,19H2,1-2H3,(H,30,33). The first kappa shape index (κ1) is 29.4. The third-order valence-electron chi connectivity index (χ3n) is 5.83. The van der Waals surface area contributed by atoms with E-state index in [0.717, 1.165) is 28.6 Å². The number of rotatable bonds is 11. The predicted molar refractivity (Wildman–Crippen MR) is 153 cm³/mol. The number of amides is 1. The molecule has 0 aliphatic carbocycles. The molecule has 0 saturated heterocycles. The van der Waals surface area contributed by atoms with Crippen LogP contribution in [0.3, 0.4) is 0 Å². The van der Waals surface area contributed by atoms with E-state index in [4.69, 9.17) is 9.47 Å². The van der Waals surface area contributed by atoms with Crippen LogP contribution < -0.4 is 23.8 Å². The van der Waals surface area contributed by atoms with Crippen LogP contribution in [0.15, 0.2) is 107 Å². The molecule has 4 aromatic carbocycles. The molecule has 0 aliphatic rings. The summed E-state index contributed by atoms with van der Waals surface area (Å²) in [6, 6.07) is 22.2. The van der Waals surface area contributed by atoms with Crippen molar-refractivity contribution in [2.45, 2.75) is 9.79 Å². The van der Waals surface area contributed by atoms with E-state index >= 15 is 0 Å². The summed E-state index contributed by atoms with van der Waals surface area (Å²) in [5.41, 5.74) is 0.639. The number of halogens is 1. The van der Waals surface area contributed by atoms with Gasteiger partial charge in [0.25, 0.3) is 20.0 Å². The smallest absolute Gasteiger partial charge is 0.264 e. The number of benzene rings is 4. The second-order valence-electron chi connectivity index (χ2n) is 8.55. The Morgan fingerprint density at radius 1 is 0.805 bits per heavy atom. The fraction of sp³-hybridized carbons (Fsp3) is 0.107. The molecule has 0 saturated carbocycles. The molecule has 0 aromatic heterocycles. The van der Waals surface area contributed by atoms with Gasteiger partial charge in [0, 0.05) is 11.8 Å². The van der Waals surface area contributed by atoms with Crippen LogP contribution in [0, 0.1) is 5.82 Å². The highest BCUT2D eigenvalue weighted by Gasteiger charge is 2.27. The maximum Gasteiger partial charge on any atom is 0.264 e. The number of carbonyl (C=O) groups excluding carboxylic acids is 1. The number of carbonyl (C=O) groups is 1. The van der Waals surface area contributed by atoms with E-state index in [2.05, 4.69) is 10.0 Å². The van der Waals surface area contributed by atoms with Gasteiger partial charge in [-0.05, 0) is 72.8 Å². The number of hydrogen-bond donors (Lipinski definition) is 2. The lowest BCUT2D eigenvalue weighted by Crippen LogP contribution is -2.38. The number of anilines is 3. The lowest BCUT2D eigenvalue weighted by atomic mass is 10.3. The Hall–Kier alpha value is -4.62. The van der Waals surface area contributed by atoms with Crippen LogP contribution in [0.4, 0.5) is 21.5 Å². The summed E-state index contributed by atoms with van der Waals surface area (Å²) in [4.78, 5) is 12.7. The highest BCUT2D eigenvalue weighted by molar-refractivity contribution is 7.93. The molecule has 0 unspecified atom stereocenters. The zero-order valence-corrected chi connectivity index (χ0v) is 23.6. The molecule has 1 amide bonds. The van der Waals surface area contributed by atoms with Gasteiger partial charge in [-0.2, -0.15) is 0 Å². The van der Waals surface area contributed by atoms with Crippen molar-refractivity contribution in [2.75, 3.05) is 35.1 Å². The van der Waals surface area contributed by atoms with Crippen LogP contribution >= 0.6 is 0 Å². The van der Waals surface area contributed by atoms with E-state index in [9.17, 15) is 26.0 Å². The van der Waals surface area contributed by atoms with Crippen molar-refractivity contribution in [2.24, 2.45) is 0 Å². The first-order chi connectivity index (χ1) is 19.5. The SMILES string of the molecule is COc1ccc(OC)c(NS(=O)(=O)c2ccc(NC(=O)CN(c3ccccc3)S(=O)(=O)c3ccc(F)cc3)cc2)c1. The molecule has 0 fully saturated rings. The zero-order chi connectivity index (χ0) is 29.6. The molecule has 0 heterocycles. The molecule has 13 heteroatoms. The molecule has 41 heavy (non-hydrogen) atoms. The normalized spacial score (nSPS) is 11.4. The van der Waals surface area contributed by atoms with Crippen molar-refractivity contribution >= 4 is 43.0 Å². The number of ether oxygens (including phenoxy) is 2. The fourth-order valence-corrected chi connectivity index (χ4v) is 6.27. The van der Waals surface area contributed by atoms with E-state index in [1.165, 1.54) is 56.7 Å². The Bertz CT molecular complexity index is 1730. The number of nitrogens with zero attached hydrogens (tertiary/aromatic N) is 1. The average Bonchev–Trinajstić information content (AvgIpc) is 2.96. The van der Waals surface area contributed by atoms with Gasteiger partial charge in [0.15, 0.2) is 0 Å². The molecule has 4 aromatic rings. The molecule has 214 valence electrons. The molecule has 0 aliphatic heterocycles. The molecular formula is C28H26FN3O7S2. The number of para-hydroxylation sites is 1. The lowest BCUT2D eigenvalue weighted by Gasteiger charge is -2.24. The predicted octanol–water partition coefficient (Wildman–Crippen LogP) is 4.48. The minimum absolute atomic E-state index is 0.0924. The second kappa shape index (κ2) is 12.3. The van der Waals surface area contributed by atoms with Crippen LogP contribution in [-0.2, 0) is 24.8 Å². The monoisotopic (exact) mass is 599 g/mol.